The molecule has 0 saturated carbocycles. The van der Waals surface area contributed by atoms with E-state index < -0.39 is 0 Å². The Balaban J connectivity index is 2.50. The zero-order valence-electron chi connectivity index (χ0n) is 7.53. The van der Waals surface area contributed by atoms with E-state index in [0.29, 0.717) is 5.33 Å². The molecule has 1 aromatic rings. The molecule has 0 heterocycles. The molecule has 0 bridgehead atoms. The Morgan fingerprint density at radius 2 is 2.15 bits per heavy atom. The minimum absolute atomic E-state index is 0.260. The molecule has 0 spiro atoms. The highest BCUT2D eigenvalue weighted by Gasteiger charge is 2.03. The molecule has 0 amide bonds. The van der Waals surface area contributed by atoms with Crippen LogP contribution in [0.2, 0.25) is 0 Å². The van der Waals surface area contributed by atoms with Crippen LogP contribution in [0.25, 0.3) is 0 Å². The second kappa shape index (κ2) is 5.68. The van der Waals surface area contributed by atoms with Crippen LogP contribution in [0.15, 0.2) is 29.2 Å². The summed E-state index contributed by atoms with van der Waals surface area (Å²) in [6, 6.07) is 8.22. The van der Waals surface area contributed by atoms with E-state index in [1.807, 2.05) is 12.1 Å². The molecule has 1 N–H and O–H groups in total. The van der Waals surface area contributed by atoms with Gasteiger partial charge < -0.3 is 5.11 Å². The van der Waals surface area contributed by atoms with Gasteiger partial charge in [0.2, 0.25) is 0 Å². The zero-order valence-corrected chi connectivity index (χ0v) is 9.94. The Kier molecular flexibility index (Phi) is 4.84. The number of rotatable bonds is 4. The molecular formula is C10H13BrOS. The van der Waals surface area contributed by atoms with E-state index in [2.05, 4.69) is 35.0 Å². The minimum atomic E-state index is -0.260. The molecule has 0 aliphatic carbocycles. The predicted molar refractivity (Wildman–Crippen MR) is 61.7 cm³/mol. The maximum absolute atomic E-state index is 9.34. The molecule has 1 nitrogen and oxygen atoms in total. The summed E-state index contributed by atoms with van der Waals surface area (Å²) >= 11 is 4.94. The summed E-state index contributed by atoms with van der Waals surface area (Å²) in [4.78, 5) is 1.25. The molecule has 3 heteroatoms. The molecule has 0 fully saturated rings. The number of thioether (sulfide) groups is 1. The van der Waals surface area contributed by atoms with E-state index in [-0.39, 0.29) is 6.10 Å². The SMILES string of the molecule is Cc1ccccc1SCC(O)CBr. The highest BCUT2D eigenvalue weighted by Crippen LogP contribution is 2.22. The van der Waals surface area contributed by atoms with Gasteiger partial charge in [0, 0.05) is 16.0 Å². The first-order valence-electron chi connectivity index (χ1n) is 4.16. The Morgan fingerprint density at radius 1 is 1.46 bits per heavy atom. The molecule has 0 aliphatic rings. The number of aliphatic hydroxyl groups is 1. The van der Waals surface area contributed by atoms with Gasteiger partial charge in [-0.2, -0.15) is 0 Å². The van der Waals surface area contributed by atoms with Crippen LogP contribution in [0, 0.1) is 6.92 Å². The molecule has 13 heavy (non-hydrogen) atoms. The van der Waals surface area contributed by atoms with Gasteiger partial charge in [-0.3, -0.25) is 0 Å². The van der Waals surface area contributed by atoms with E-state index in [1.54, 1.807) is 11.8 Å². The van der Waals surface area contributed by atoms with Crippen molar-refractivity contribution in [2.75, 3.05) is 11.1 Å². The Bertz CT molecular complexity index is 265. The lowest BCUT2D eigenvalue weighted by Gasteiger charge is -2.07. The number of aryl methyl sites for hydroxylation is 1. The van der Waals surface area contributed by atoms with Crippen molar-refractivity contribution in [2.24, 2.45) is 0 Å². The van der Waals surface area contributed by atoms with Crippen molar-refractivity contribution >= 4 is 27.7 Å². The second-order valence-corrected chi connectivity index (χ2v) is 4.59. The number of halogens is 1. The van der Waals surface area contributed by atoms with Crippen LogP contribution in [-0.4, -0.2) is 22.3 Å². The van der Waals surface area contributed by atoms with Crippen LogP contribution in [0.4, 0.5) is 0 Å². The summed E-state index contributed by atoms with van der Waals surface area (Å²) in [6.07, 6.45) is -0.260. The molecular weight excluding hydrogens is 248 g/mol. The average Bonchev–Trinajstić information content (AvgIpc) is 2.16. The fourth-order valence-corrected chi connectivity index (χ4v) is 2.44. The summed E-state index contributed by atoms with van der Waals surface area (Å²) in [5.41, 5.74) is 1.27. The number of alkyl halides is 1. The van der Waals surface area contributed by atoms with Gasteiger partial charge in [-0.05, 0) is 18.6 Å². The summed E-state index contributed by atoms with van der Waals surface area (Å²) < 4.78 is 0. The van der Waals surface area contributed by atoms with Crippen molar-refractivity contribution in [3.63, 3.8) is 0 Å². The fraction of sp³-hybridized carbons (Fsp3) is 0.400. The van der Waals surface area contributed by atoms with E-state index in [9.17, 15) is 5.11 Å². The molecule has 1 atom stereocenters. The Morgan fingerprint density at radius 3 is 2.77 bits per heavy atom. The van der Waals surface area contributed by atoms with Gasteiger partial charge in [0.25, 0.3) is 0 Å². The first kappa shape index (κ1) is 11.1. The predicted octanol–water partition coefficient (Wildman–Crippen LogP) is 2.84. The average molecular weight is 261 g/mol. The maximum Gasteiger partial charge on any atom is 0.0730 e. The van der Waals surface area contributed by atoms with Gasteiger partial charge in [0.15, 0.2) is 0 Å². The van der Waals surface area contributed by atoms with Crippen molar-refractivity contribution in [3.05, 3.63) is 29.8 Å². The van der Waals surface area contributed by atoms with E-state index in [4.69, 9.17) is 0 Å². The second-order valence-electron chi connectivity index (χ2n) is 2.88. The molecule has 0 aromatic heterocycles. The highest BCUT2D eigenvalue weighted by molar-refractivity contribution is 9.09. The summed E-state index contributed by atoms with van der Waals surface area (Å²) in [6.45, 7) is 2.09. The van der Waals surface area contributed by atoms with Crippen molar-refractivity contribution in [1.29, 1.82) is 0 Å². The smallest absolute Gasteiger partial charge is 0.0730 e. The molecule has 0 radical (unpaired) electrons. The maximum atomic E-state index is 9.34. The normalized spacial score (nSPS) is 12.8. The molecule has 0 saturated heterocycles. The molecule has 1 aromatic carbocycles. The van der Waals surface area contributed by atoms with Gasteiger partial charge in [0.1, 0.15) is 0 Å². The number of hydrogen-bond donors (Lipinski definition) is 1. The molecule has 1 unspecified atom stereocenters. The summed E-state index contributed by atoms with van der Waals surface area (Å²) in [5, 5.41) is 9.99. The lowest BCUT2D eigenvalue weighted by molar-refractivity contribution is 0.226. The van der Waals surface area contributed by atoms with Gasteiger partial charge in [-0.15, -0.1) is 11.8 Å². The fourth-order valence-electron chi connectivity index (χ4n) is 0.949. The Hall–Kier alpha value is 0.01000. The third kappa shape index (κ3) is 3.71. The first-order chi connectivity index (χ1) is 6.24. The van der Waals surface area contributed by atoms with Crippen molar-refractivity contribution in [3.8, 4) is 0 Å². The minimum Gasteiger partial charge on any atom is -0.391 e. The Labute approximate surface area is 91.7 Å². The van der Waals surface area contributed by atoms with E-state index >= 15 is 0 Å². The van der Waals surface area contributed by atoms with Gasteiger partial charge in [0.05, 0.1) is 6.10 Å². The lowest BCUT2D eigenvalue weighted by atomic mass is 10.2. The quantitative estimate of drug-likeness (QED) is 0.664. The number of hydrogen-bond acceptors (Lipinski definition) is 2. The third-order valence-corrected chi connectivity index (χ3v) is 3.77. The van der Waals surface area contributed by atoms with Crippen LogP contribution in [0.3, 0.4) is 0 Å². The van der Waals surface area contributed by atoms with E-state index in [1.165, 1.54) is 10.5 Å². The summed E-state index contributed by atoms with van der Waals surface area (Å²) in [5.74, 6) is 0.746. The van der Waals surface area contributed by atoms with Crippen LogP contribution < -0.4 is 0 Å². The van der Waals surface area contributed by atoms with Crippen LogP contribution >= 0.6 is 27.7 Å². The monoisotopic (exact) mass is 260 g/mol. The number of benzene rings is 1. The number of aliphatic hydroxyl groups excluding tert-OH is 1. The third-order valence-electron chi connectivity index (χ3n) is 1.70. The van der Waals surface area contributed by atoms with Crippen LogP contribution in [-0.2, 0) is 0 Å². The zero-order chi connectivity index (χ0) is 9.68. The molecule has 0 aliphatic heterocycles. The van der Waals surface area contributed by atoms with Crippen molar-refractivity contribution in [1.82, 2.24) is 0 Å². The summed E-state index contributed by atoms with van der Waals surface area (Å²) in [7, 11) is 0. The van der Waals surface area contributed by atoms with Crippen LogP contribution in [0.5, 0.6) is 0 Å². The largest absolute Gasteiger partial charge is 0.391 e. The first-order valence-corrected chi connectivity index (χ1v) is 6.27. The standard InChI is InChI=1S/C10H13BrOS/c1-8-4-2-3-5-10(8)13-7-9(12)6-11/h2-5,9,12H,6-7H2,1H3. The van der Waals surface area contributed by atoms with E-state index in [0.717, 1.165) is 5.75 Å². The molecule has 72 valence electrons. The van der Waals surface area contributed by atoms with Crippen LogP contribution in [0.1, 0.15) is 5.56 Å². The lowest BCUT2D eigenvalue weighted by Crippen LogP contribution is -2.10. The topological polar surface area (TPSA) is 20.2 Å². The van der Waals surface area contributed by atoms with Gasteiger partial charge in [-0.25, -0.2) is 0 Å². The van der Waals surface area contributed by atoms with Crippen molar-refractivity contribution in [2.45, 2.75) is 17.9 Å². The van der Waals surface area contributed by atoms with Crippen molar-refractivity contribution < 1.29 is 5.11 Å². The van der Waals surface area contributed by atoms with Gasteiger partial charge >= 0.3 is 0 Å². The highest BCUT2D eigenvalue weighted by atomic mass is 79.9. The molecule has 1 rings (SSSR count). The van der Waals surface area contributed by atoms with Gasteiger partial charge in [-0.1, -0.05) is 34.1 Å².